The summed E-state index contributed by atoms with van der Waals surface area (Å²) in [6.45, 7) is 3.69. The van der Waals surface area contributed by atoms with Gasteiger partial charge in [0.2, 0.25) is 0 Å². The van der Waals surface area contributed by atoms with E-state index in [2.05, 4.69) is 6.58 Å². The third kappa shape index (κ3) is 2.03. The van der Waals surface area contributed by atoms with Crippen molar-refractivity contribution in [1.82, 2.24) is 0 Å². The third-order valence-corrected chi connectivity index (χ3v) is 3.20. The highest BCUT2D eigenvalue weighted by molar-refractivity contribution is 7.99. The van der Waals surface area contributed by atoms with Gasteiger partial charge in [0.25, 0.3) is 0 Å². The second kappa shape index (κ2) is 4.04. The lowest BCUT2D eigenvalue weighted by molar-refractivity contribution is 0.469. The highest BCUT2D eigenvalue weighted by Crippen LogP contribution is 2.26. The molecule has 1 fully saturated rings. The molecule has 1 aliphatic rings. The largest absolute Gasteiger partial charge is 0.327 e. The Bertz CT molecular complexity index is 108. The van der Waals surface area contributed by atoms with E-state index in [-0.39, 0.29) is 0 Å². The fraction of sp³-hybridized carbons (Fsp3) is 0.750. The Morgan fingerprint density at radius 2 is 2.60 bits per heavy atom. The van der Waals surface area contributed by atoms with Gasteiger partial charge in [-0.3, -0.25) is 0 Å². The minimum Gasteiger partial charge on any atom is -0.327 e. The Morgan fingerprint density at radius 3 is 3.10 bits per heavy atom. The number of thioether (sulfide) groups is 1. The van der Waals surface area contributed by atoms with E-state index >= 15 is 0 Å². The van der Waals surface area contributed by atoms with Crippen molar-refractivity contribution in [2.75, 3.05) is 11.5 Å². The van der Waals surface area contributed by atoms with Gasteiger partial charge in [-0.1, -0.05) is 6.08 Å². The highest BCUT2D eigenvalue weighted by atomic mass is 32.2. The molecule has 1 nitrogen and oxygen atoms in total. The van der Waals surface area contributed by atoms with Crippen LogP contribution in [0.4, 0.5) is 0 Å². The molecule has 58 valence electrons. The van der Waals surface area contributed by atoms with Crippen molar-refractivity contribution in [2.45, 2.75) is 18.9 Å². The maximum absolute atomic E-state index is 5.90. The fourth-order valence-corrected chi connectivity index (χ4v) is 2.63. The molecule has 0 aliphatic carbocycles. The minimum atomic E-state index is 0.368. The van der Waals surface area contributed by atoms with Crippen molar-refractivity contribution in [2.24, 2.45) is 11.7 Å². The first-order valence-corrected chi connectivity index (χ1v) is 4.94. The van der Waals surface area contributed by atoms with E-state index in [1.54, 1.807) is 0 Å². The van der Waals surface area contributed by atoms with Gasteiger partial charge in [0.05, 0.1) is 0 Å². The molecule has 1 saturated heterocycles. The summed E-state index contributed by atoms with van der Waals surface area (Å²) in [5.74, 6) is 3.31. The molecule has 2 atom stereocenters. The second-order valence-corrected chi connectivity index (χ2v) is 3.96. The summed E-state index contributed by atoms with van der Waals surface area (Å²) in [6, 6.07) is 0.368. The van der Waals surface area contributed by atoms with Crippen molar-refractivity contribution in [1.29, 1.82) is 0 Å². The van der Waals surface area contributed by atoms with Gasteiger partial charge in [-0.15, -0.1) is 6.58 Å². The van der Waals surface area contributed by atoms with E-state index in [9.17, 15) is 0 Å². The maximum Gasteiger partial charge on any atom is 0.0110 e. The molecule has 1 rings (SSSR count). The lowest BCUT2D eigenvalue weighted by Gasteiger charge is -2.15. The standard InChI is InChI=1S/C8H15NS/c1-2-3-8(9)7-4-5-10-6-7/h2,7-8H,1,3-6,9H2. The normalized spacial score (nSPS) is 28.3. The molecule has 0 radical (unpaired) electrons. The molecule has 10 heavy (non-hydrogen) atoms. The molecular formula is C8H15NS. The molecule has 0 aromatic rings. The first kappa shape index (κ1) is 8.15. The Kier molecular flexibility index (Phi) is 3.29. The van der Waals surface area contributed by atoms with Crippen LogP contribution < -0.4 is 5.73 Å². The van der Waals surface area contributed by atoms with Crippen LogP contribution in [0.15, 0.2) is 12.7 Å². The molecule has 0 spiro atoms. The molecule has 0 amide bonds. The maximum atomic E-state index is 5.90. The van der Waals surface area contributed by atoms with Crippen molar-refractivity contribution < 1.29 is 0 Å². The summed E-state index contributed by atoms with van der Waals surface area (Å²) < 4.78 is 0. The lowest BCUT2D eigenvalue weighted by atomic mass is 9.97. The predicted molar refractivity (Wildman–Crippen MR) is 48.2 cm³/mol. The third-order valence-electron chi connectivity index (χ3n) is 2.01. The summed E-state index contributed by atoms with van der Waals surface area (Å²) in [6.07, 6.45) is 4.21. The zero-order valence-corrected chi connectivity index (χ0v) is 7.07. The lowest BCUT2D eigenvalue weighted by Crippen LogP contribution is -2.29. The van der Waals surface area contributed by atoms with Crippen molar-refractivity contribution >= 4 is 11.8 Å². The molecular weight excluding hydrogens is 142 g/mol. The van der Waals surface area contributed by atoms with Crippen LogP contribution >= 0.6 is 11.8 Å². The number of nitrogens with two attached hydrogens (primary N) is 1. The zero-order chi connectivity index (χ0) is 7.40. The molecule has 0 aromatic heterocycles. The van der Waals surface area contributed by atoms with Crippen LogP contribution in [0.3, 0.4) is 0 Å². The summed E-state index contributed by atoms with van der Waals surface area (Å²) in [5.41, 5.74) is 5.90. The van der Waals surface area contributed by atoms with E-state index in [0.717, 1.165) is 12.3 Å². The van der Waals surface area contributed by atoms with Gasteiger partial charge in [0.15, 0.2) is 0 Å². The van der Waals surface area contributed by atoms with Crippen molar-refractivity contribution in [3.8, 4) is 0 Å². The molecule has 2 unspecified atom stereocenters. The first-order chi connectivity index (χ1) is 4.84. The molecule has 2 N–H and O–H groups in total. The molecule has 2 heteroatoms. The topological polar surface area (TPSA) is 26.0 Å². The summed E-state index contributed by atoms with van der Waals surface area (Å²) >= 11 is 2.02. The predicted octanol–water partition coefficient (Wildman–Crippen LogP) is 1.64. The van der Waals surface area contributed by atoms with Crippen molar-refractivity contribution in [3.63, 3.8) is 0 Å². The van der Waals surface area contributed by atoms with Gasteiger partial charge in [0.1, 0.15) is 0 Å². The van der Waals surface area contributed by atoms with Gasteiger partial charge >= 0.3 is 0 Å². The van der Waals surface area contributed by atoms with Crippen LogP contribution in [0, 0.1) is 5.92 Å². The van der Waals surface area contributed by atoms with Gasteiger partial charge in [-0.05, 0) is 30.3 Å². The molecule has 0 bridgehead atoms. The van der Waals surface area contributed by atoms with E-state index < -0.39 is 0 Å². The number of hydrogen-bond donors (Lipinski definition) is 1. The van der Waals surface area contributed by atoms with Gasteiger partial charge in [-0.2, -0.15) is 11.8 Å². The van der Waals surface area contributed by atoms with Crippen LogP contribution in [0.1, 0.15) is 12.8 Å². The molecule has 0 aromatic carbocycles. The van der Waals surface area contributed by atoms with Crippen molar-refractivity contribution in [3.05, 3.63) is 12.7 Å². The summed E-state index contributed by atoms with van der Waals surface area (Å²) in [4.78, 5) is 0. The molecule has 0 saturated carbocycles. The monoisotopic (exact) mass is 157 g/mol. The summed E-state index contributed by atoms with van der Waals surface area (Å²) in [7, 11) is 0. The quantitative estimate of drug-likeness (QED) is 0.630. The Labute approximate surface area is 67.1 Å². The Balaban J connectivity index is 2.24. The smallest absolute Gasteiger partial charge is 0.0110 e. The summed E-state index contributed by atoms with van der Waals surface area (Å²) in [5, 5.41) is 0. The van der Waals surface area contributed by atoms with E-state index in [1.807, 2.05) is 17.8 Å². The average Bonchev–Trinajstić information content (AvgIpc) is 2.38. The van der Waals surface area contributed by atoms with E-state index in [4.69, 9.17) is 5.73 Å². The zero-order valence-electron chi connectivity index (χ0n) is 6.25. The first-order valence-electron chi connectivity index (χ1n) is 3.79. The van der Waals surface area contributed by atoms with E-state index in [0.29, 0.717) is 6.04 Å². The van der Waals surface area contributed by atoms with Crippen LogP contribution in [0.2, 0.25) is 0 Å². The Hall–Kier alpha value is 0.0500. The van der Waals surface area contributed by atoms with Crippen LogP contribution in [0.25, 0.3) is 0 Å². The van der Waals surface area contributed by atoms with Crippen LogP contribution in [-0.2, 0) is 0 Å². The second-order valence-electron chi connectivity index (χ2n) is 2.81. The number of hydrogen-bond acceptors (Lipinski definition) is 2. The highest BCUT2D eigenvalue weighted by Gasteiger charge is 2.20. The average molecular weight is 157 g/mol. The van der Waals surface area contributed by atoms with Gasteiger partial charge < -0.3 is 5.73 Å². The van der Waals surface area contributed by atoms with Crippen LogP contribution in [0.5, 0.6) is 0 Å². The molecule has 1 aliphatic heterocycles. The minimum absolute atomic E-state index is 0.368. The van der Waals surface area contributed by atoms with Gasteiger partial charge in [-0.25, -0.2) is 0 Å². The fourth-order valence-electron chi connectivity index (χ4n) is 1.28. The SMILES string of the molecule is C=CCC(N)C1CCSC1. The van der Waals surface area contributed by atoms with E-state index in [1.165, 1.54) is 17.9 Å². The van der Waals surface area contributed by atoms with Crippen LogP contribution in [-0.4, -0.2) is 17.5 Å². The Morgan fingerprint density at radius 1 is 1.80 bits per heavy atom. The van der Waals surface area contributed by atoms with Gasteiger partial charge in [0, 0.05) is 6.04 Å². The molecule has 1 heterocycles. The number of rotatable bonds is 3.